The Labute approximate surface area is 733 Å². The predicted octanol–water partition coefficient (Wildman–Crippen LogP) is 3.37. The number of phenolic OH excluding ortho intramolecular Hbond substituents is 29. The molecule has 18 rings (SSSR count). The number of aliphatic hydroxyl groups excluding tert-OH is 1. The van der Waals surface area contributed by atoms with Gasteiger partial charge in [-0.05, 0) is 36.4 Å². The molecule has 10 aromatic carbocycles. The lowest BCUT2D eigenvalue weighted by molar-refractivity contribution is -0.282. The highest BCUT2D eigenvalue weighted by molar-refractivity contribution is 6.18. The van der Waals surface area contributed by atoms with Gasteiger partial charge in [-0.1, -0.05) is 0 Å². The Balaban J connectivity index is 0.840. The van der Waals surface area contributed by atoms with Gasteiger partial charge in [0.2, 0.25) is 75.6 Å². The summed E-state index contributed by atoms with van der Waals surface area (Å²) < 4.78 is 68.9. The van der Waals surface area contributed by atoms with Crippen LogP contribution in [0.25, 0.3) is 55.6 Å². The molecule has 8 aliphatic rings. The highest BCUT2D eigenvalue weighted by Gasteiger charge is 2.59. The first-order valence-electron chi connectivity index (χ1n) is 37.3. The summed E-state index contributed by atoms with van der Waals surface area (Å²) in [5.41, 5.74) is -30.5. The van der Waals surface area contributed by atoms with Crippen LogP contribution >= 0.6 is 0 Å². The van der Waals surface area contributed by atoms with Crippen LogP contribution in [-0.2, 0) is 52.1 Å². The number of aromatic hydroxyl groups is 29. The van der Waals surface area contributed by atoms with Gasteiger partial charge in [0.1, 0.15) is 31.0 Å². The fourth-order valence-electron chi connectivity index (χ4n) is 16.2. The zero-order valence-corrected chi connectivity index (χ0v) is 65.2. The average Bonchev–Trinajstić information content (AvgIpc) is 0.749. The molecule has 52 nitrogen and oxygen atoms in total. The van der Waals surface area contributed by atoms with Gasteiger partial charge in [-0.2, -0.15) is 0 Å². The van der Waals surface area contributed by atoms with Crippen molar-refractivity contribution in [3.8, 4) is 234 Å². The molecule has 8 aliphatic heterocycles. The Morgan fingerprint density at radius 3 is 0.963 bits per heavy atom. The number of hydrogen-bond acceptors (Lipinski definition) is 52. The molecule has 0 aliphatic carbocycles. The second-order valence-corrected chi connectivity index (χ2v) is 29.8. The number of esters is 10. The minimum Gasteiger partial charge on any atom is -0.504 e. The van der Waals surface area contributed by atoms with Crippen LogP contribution in [0.4, 0.5) is 0 Å². The van der Waals surface area contributed by atoms with Gasteiger partial charge >= 0.3 is 59.7 Å². The third kappa shape index (κ3) is 12.6. The Morgan fingerprint density at radius 2 is 0.537 bits per heavy atom. The van der Waals surface area contributed by atoms with Crippen molar-refractivity contribution in [2.75, 3.05) is 13.2 Å². The first kappa shape index (κ1) is 86.9. The molecule has 3 unspecified atom stereocenters. The van der Waals surface area contributed by atoms with E-state index >= 15 is 33.6 Å². The fourth-order valence-corrected chi connectivity index (χ4v) is 16.2. The molecule has 692 valence electrons. The number of carbonyl (C=O) groups excluding carboxylic acids is 10. The molecule has 0 saturated carbocycles. The summed E-state index contributed by atoms with van der Waals surface area (Å²) in [6, 6.07) is 1.42. The van der Waals surface area contributed by atoms with Crippen molar-refractivity contribution < 1.29 is 258 Å². The largest absolute Gasteiger partial charge is 0.504 e. The van der Waals surface area contributed by atoms with Gasteiger partial charge in [-0.15, -0.1) is 0 Å². The Morgan fingerprint density at radius 1 is 0.254 bits per heavy atom. The van der Waals surface area contributed by atoms with E-state index < -0.39 is 429 Å². The normalized spacial score (nSPS) is 20.4. The molecule has 134 heavy (non-hydrogen) atoms. The quantitative estimate of drug-likeness (QED) is 0.0682. The van der Waals surface area contributed by atoms with Gasteiger partial charge in [-0.3, -0.25) is 0 Å². The van der Waals surface area contributed by atoms with Crippen LogP contribution in [0.3, 0.4) is 0 Å². The molecule has 0 aromatic heterocycles. The number of carbonyl (C=O) groups is 10. The van der Waals surface area contributed by atoms with E-state index in [2.05, 4.69) is 0 Å². The summed E-state index contributed by atoms with van der Waals surface area (Å²) in [4.78, 5) is 153. The van der Waals surface area contributed by atoms with Crippen molar-refractivity contribution in [3.05, 3.63) is 110 Å². The van der Waals surface area contributed by atoms with Crippen molar-refractivity contribution in [1.29, 1.82) is 0 Å². The van der Waals surface area contributed by atoms with Crippen LogP contribution in [0.5, 0.6) is 178 Å². The number of benzene rings is 10. The van der Waals surface area contributed by atoms with E-state index in [0.29, 0.717) is 6.07 Å². The maximum atomic E-state index is 16.1. The first-order valence-corrected chi connectivity index (χ1v) is 37.3. The van der Waals surface area contributed by atoms with Crippen LogP contribution in [0.2, 0.25) is 0 Å². The van der Waals surface area contributed by atoms with E-state index in [1.54, 1.807) is 0 Å². The second-order valence-electron chi connectivity index (χ2n) is 29.8. The molecule has 10 aromatic rings. The monoisotopic (exact) mass is 1870 g/mol. The predicted molar refractivity (Wildman–Crippen MR) is 412 cm³/mol. The number of hydrogen-bond donors (Lipinski definition) is 30. The summed E-state index contributed by atoms with van der Waals surface area (Å²) in [6.45, 7) is -3.45. The minimum absolute atomic E-state index is 0.0233. The summed E-state index contributed by atoms with van der Waals surface area (Å²) in [7, 11) is 0. The Bertz CT molecular complexity index is 7140. The Kier molecular flexibility index (Phi) is 19.6. The molecule has 6 bridgehead atoms. The zero-order valence-electron chi connectivity index (χ0n) is 65.2. The third-order valence-electron chi connectivity index (χ3n) is 22.4. The van der Waals surface area contributed by atoms with Crippen molar-refractivity contribution in [3.63, 3.8) is 0 Å². The van der Waals surface area contributed by atoms with Crippen molar-refractivity contribution in [2.45, 2.75) is 61.2 Å². The summed E-state index contributed by atoms with van der Waals surface area (Å²) >= 11 is 0. The summed E-state index contributed by atoms with van der Waals surface area (Å²) in [5, 5.41) is 343. The van der Waals surface area contributed by atoms with E-state index in [1.165, 1.54) is 0 Å². The van der Waals surface area contributed by atoms with Crippen molar-refractivity contribution in [1.82, 2.24) is 0 Å². The lowest BCUT2D eigenvalue weighted by Gasteiger charge is -2.44. The lowest BCUT2D eigenvalue weighted by Crippen LogP contribution is -2.63. The maximum absolute atomic E-state index is 16.1. The van der Waals surface area contributed by atoms with Gasteiger partial charge in [0.15, 0.2) is 152 Å². The highest BCUT2D eigenvalue weighted by atomic mass is 16.8. The zero-order chi connectivity index (χ0) is 97.1. The van der Waals surface area contributed by atoms with Gasteiger partial charge in [0, 0.05) is 73.3 Å². The number of fused-ring (bicyclic) bond motifs is 16. The van der Waals surface area contributed by atoms with Crippen LogP contribution in [0.1, 0.15) is 115 Å². The standard InChI is InChI=1S/C82H52O52/c83-19-1-11-29(50(98)42(19)90)31-13(3-21(85)44(92)52(31)100)75(116)129-67-28(10-124-73(11)114)127-82(71-70(67)131-76(117)14-4-22(86)45(93)53(101)32(14)33-15(77(118)133-71)5-23(87)46(94)54(33)102)134-79(120)18-7-25(89)48(96)64(112)65(18)125-26-8-17-34(56(104)49(26)97)30-12(2-20(84)43(91)51(30)99)72(113)123-9-27-66(128-78(17)119)69-68-61(109)41-40(81(122)130-68)38(59(107)63(111)60(41)108)37-39(80(121)132-69)36(57(105)62(110)58(37)106)35-16(74(115)126-27)6-24(88)47(95)55(35)103/h1-8,27-28,61,66-71,82-112H,9-10H2/t27-,28?,61+,66?,67?,68+,69-,70+,71+,82-/m0/s1. The van der Waals surface area contributed by atoms with Crippen LogP contribution in [-0.4, -0.2) is 281 Å². The summed E-state index contributed by atoms with van der Waals surface area (Å²) in [5.74, 6) is -74.3. The maximum Gasteiger partial charge on any atom is 0.344 e. The minimum atomic E-state index is -3.23. The number of aliphatic hydroxyl groups is 1. The number of rotatable bonds is 4. The Hall–Kier alpha value is -19.2. The molecule has 1 fully saturated rings. The molecule has 30 N–H and O–H groups in total. The van der Waals surface area contributed by atoms with Gasteiger partial charge in [0.05, 0.1) is 50.1 Å². The molecule has 0 spiro atoms. The highest BCUT2D eigenvalue weighted by Crippen LogP contribution is 2.65. The van der Waals surface area contributed by atoms with Crippen LogP contribution in [0, 0.1) is 0 Å². The molecule has 8 heterocycles. The molecule has 52 heteroatoms. The molecular weight excluding hydrogens is 1820 g/mol. The second kappa shape index (κ2) is 30.3. The van der Waals surface area contributed by atoms with E-state index in [0.717, 1.165) is 0 Å². The van der Waals surface area contributed by atoms with Gasteiger partial charge in [-0.25, -0.2) is 47.9 Å². The van der Waals surface area contributed by atoms with Gasteiger partial charge in [0.25, 0.3) is 0 Å². The number of ether oxygens (including phenoxy) is 12. The molecule has 10 atom stereocenters. The van der Waals surface area contributed by atoms with E-state index in [4.69, 9.17) is 56.8 Å². The SMILES string of the molecule is O=C(O[C@@H]1OC2COC(=O)c3cc(O)c(O)c(O)c3-c3c(cc(O)c(O)c3O)C(=O)OC2[C@H]2OC(=O)c3cc(O)c(O)c(O)c3-c3c(cc(O)c(O)c3O)C(=O)O[C@@H]12)c1cc(O)c(O)c(O)c1Oc1cc2c(c(O)c1O)-c1c(cc(O)c(O)c1O)C(=O)OC[C@@H]1OC(=O)c3cc(O)c(O)c(O)c3-c3c(O)c(O)c(O)c4c3C(=O)O[C@@H](C1OC2=O)[C@@H]1OC(=O)c2c-4c(O)c(O)c(O)c2[C@H]1O. The van der Waals surface area contributed by atoms with E-state index in [-0.39, 0.29) is 42.5 Å². The van der Waals surface area contributed by atoms with Crippen LogP contribution < -0.4 is 4.74 Å². The topological polar surface area (TPSA) is 888 Å². The lowest BCUT2D eigenvalue weighted by atomic mass is 9.80. The molecule has 1 saturated heterocycles. The van der Waals surface area contributed by atoms with E-state index in [9.17, 15) is 168 Å². The smallest absolute Gasteiger partial charge is 0.344 e. The molecule has 0 radical (unpaired) electrons. The summed E-state index contributed by atoms with van der Waals surface area (Å²) in [6.07, 6.45) is -30.0. The fraction of sp³-hybridized carbons (Fsp3) is 0.146. The average molecular weight is 1870 g/mol. The van der Waals surface area contributed by atoms with Crippen molar-refractivity contribution >= 4 is 59.7 Å². The third-order valence-corrected chi connectivity index (χ3v) is 22.4. The van der Waals surface area contributed by atoms with Gasteiger partial charge < -0.3 is 210 Å². The number of cyclic esters (lactones) is 2. The van der Waals surface area contributed by atoms with Crippen molar-refractivity contribution in [2.24, 2.45) is 0 Å². The van der Waals surface area contributed by atoms with E-state index in [1.807, 2.05) is 0 Å². The first-order chi connectivity index (χ1) is 63.1. The van der Waals surface area contributed by atoms with Crippen LogP contribution in [0.15, 0.2) is 48.5 Å². The molecule has 0 amide bonds. The molecular formula is C82H52O52. The number of phenols is 29.